The molecule has 3 aromatic rings. The molecule has 1 N–H and O–H groups in total. The molecule has 0 radical (unpaired) electrons. The van der Waals surface area contributed by atoms with Gasteiger partial charge in [-0.05, 0) is 45.0 Å². The largest absolute Gasteiger partial charge is 0.322 e. The Bertz CT molecular complexity index is 1180. The number of nitrogens with zero attached hydrogens (tertiary/aromatic N) is 3. The van der Waals surface area contributed by atoms with Gasteiger partial charge in [0.1, 0.15) is 0 Å². The van der Waals surface area contributed by atoms with Crippen molar-refractivity contribution in [3.05, 3.63) is 84.2 Å². The van der Waals surface area contributed by atoms with Gasteiger partial charge in [0.25, 0.3) is 0 Å². The van der Waals surface area contributed by atoms with Crippen LogP contribution in [0.2, 0.25) is 0 Å². The van der Waals surface area contributed by atoms with E-state index >= 15 is 0 Å². The molecular formula is C23H26N4O3S. The number of hydrogen-bond acceptors (Lipinski definition) is 4. The predicted molar refractivity (Wildman–Crippen MR) is 122 cm³/mol. The van der Waals surface area contributed by atoms with Crippen LogP contribution in [0.4, 0.5) is 5.69 Å². The van der Waals surface area contributed by atoms with Crippen molar-refractivity contribution in [3.63, 3.8) is 0 Å². The van der Waals surface area contributed by atoms with Crippen LogP contribution >= 0.6 is 0 Å². The number of aromatic nitrogens is 2. The van der Waals surface area contributed by atoms with Crippen molar-refractivity contribution in [2.24, 2.45) is 0 Å². The van der Waals surface area contributed by atoms with Crippen LogP contribution in [-0.4, -0.2) is 41.5 Å². The third-order valence-corrected chi connectivity index (χ3v) is 6.69. The van der Waals surface area contributed by atoms with Gasteiger partial charge in [0, 0.05) is 6.54 Å². The van der Waals surface area contributed by atoms with Crippen LogP contribution in [-0.2, 0) is 14.8 Å². The summed E-state index contributed by atoms with van der Waals surface area (Å²) in [4.78, 5) is 12.9. The summed E-state index contributed by atoms with van der Waals surface area (Å²) in [7, 11) is -3.83. The number of nitrogens with one attached hydrogen (secondary N) is 1. The first-order chi connectivity index (χ1) is 14.7. The van der Waals surface area contributed by atoms with Crippen molar-refractivity contribution in [2.45, 2.75) is 25.7 Å². The lowest BCUT2D eigenvalue weighted by Crippen LogP contribution is -2.38. The van der Waals surface area contributed by atoms with Gasteiger partial charge >= 0.3 is 0 Å². The average molecular weight is 439 g/mol. The van der Waals surface area contributed by atoms with Crippen LogP contribution in [0.3, 0.4) is 0 Å². The smallest absolute Gasteiger partial charge is 0.243 e. The van der Waals surface area contributed by atoms with Crippen LogP contribution in [0, 0.1) is 20.8 Å². The zero-order chi connectivity index (χ0) is 22.6. The van der Waals surface area contributed by atoms with E-state index in [0.29, 0.717) is 11.4 Å². The maximum atomic E-state index is 12.9. The summed E-state index contributed by atoms with van der Waals surface area (Å²) >= 11 is 0. The first-order valence-electron chi connectivity index (χ1n) is 9.83. The molecule has 0 spiro atoms. The molecule has 162 valence electrons. The van der Waals surface area contributed by atoms with Gasteiger partial charge in [-0.3, -0.25) is 4.79 Å². The van der Waals surface area contributed by atoms with E-state index < -0.39 is 15.9 Å². The molecule has 0 bridgehead atoms. The Labute approximate surface area is 183 Å². The molecule has 0 saturated heterocycles. The number of carbonyl (C=O) groups excluding carboxylic acids is 1. The predicted octanol–water partition coefficient (Wildman–Crippen LogP) is 3.61. The minimum absolute atomic E-state index is 0.0191. The number of aryl methyl sites for hydroxylation is 2. The highest BCUT2D eigenvalue weighted by molar-refractivity contribution is 7.89. The molecule has 0 saturated carbocycles. The number of anilines is 1. The number of benzene rings is 2. The van der Waals surface area contributed by atoms with E-state index in [0.717, 1.165) is 21.2 Å². The van der Waals surface area contributed by atoms with E-state index in [9.17, 15) is 13.2 Å². The van der Waals surface area contributed by atoms with Gasteiger partial charge in [-0.2, -0.15) is 9.40 Å². The quantitative estimate of drug-likeness (QED) is 0.545. The Hall–Kier alpha value is -3.23. The second-order valence-corrected chi connectivity index (χ2v) is 9.18. The van der Waals surface area contributed by atoms with Gasteiger partial charge in [0.2, 0.25) is 15.9 Å². The second kappa shape index (κ2) is 9.28. The zero-order valence-electron chi connectivity index (χ0n) is 17.9. The number of hydrogen-bond donors (Lipinski definition) is 1. The summed E-state index contributed by atoms with van der Waals surface area (Å²) in [6.07, 6.45) is 1.46. The Kier molecular flexibility index (Phi) is 6.72. The molecule has 1 aromatic heterocycles. The third-order valence-electron chi connectivity index (χ3n) is 4.87. The molecule has 2 aromatic carbocycles. The summed E-state index contributed by atoms with van der Waals surface area (Å²) in [6.45, 7) is 8.97. The number of sulfonamides is 1. The summed E-state index contributed by atoms with van der Waals surface area (Å²) in [5.74, 6) is -0.448. The average Bonchev–Trinajstić information content (AvgIpc) is 3.03. The van der Waals surface area contributed by atoms with Crippen molar-refractivity contribution in [2.75, 3.05) is 18.4 Å². The fourth-order valence-electron chi connectivity index (χ4n) is 3.23. The van der Waals surface area contributed by atoms with Gasteiger partial charge in [-0.25, -0.2) is 13.1 Å². The summed E-state index contributed by atoms with van der Waals surface area (Å²) in [5.41, 5.74) is 4.00. The number of carbonyl (C=O) groups is 1. The van der Waals surface area contributed by atoms with Gasteiger partial charge in [0.05, 0.1) is 34.2 Å². The normalized spacial score (nSPS) is 11.5. The number of rotatable bonds is 8. The summed E-state index contributed by atoms with van der Waals surface area (Å²) in [5, 5.41) is 7.36. The van der Waals surface area contributed by atoms with Crippen LogP contribution in [0.5, 0.6) is 0 Å². The summed E-state index contributed by atoms with van der Waals surface area (Å²) < 4.78 is 28.7. The topological polar surface area (TPSA) is 84.3 Å². The molecule has 3 rings (SSSR count). The van der Waals surface area contributed by atoms with Gasteiger partial charge < -0.3 is 5.32 Å². The van der Waals surface area contributed by atoms with Gasteiger partial charge in [0.15, 0.2) is 0 Å². The molecule has 0 aliphatic heterocycles. The van der Waals surface area contributed by atoms with Crippen LogP contribution in [0.15, 0.2) is 72.1 Å². The maximum Gasteiger partial charge on any atom is 0.243 e. The van der Waals surface area contributed by atoms with Crippen molar-refractivity contribution >= 4 is 21.6 Å². The van der Waals surface area contributed by atoms with Crippen LogP contribution in [0.1, 0.15) is 17.0 Å². The SMILES string of the molecule is C=CCN(CC(=O)Nc1c(C)nn(-c2ccc(C)cc2)c1C)S(=O)(=O)c1ccccc1. The van der Waals surface area contributed by atoms with Gasteiger partial charge in [-0.1, -0.05) is 42.0 Å². The first kappa shape index (κ1) is 22.5. The van der Waals surface area contributed by atoms with Crippen molar-refractivity contribution in [1.29, 1.82) is 0 Å². The van der Waals surface area contributed by atoms with Crippen molar-refractivity contribution in [1.82, 2.24) is 14.1 Å². The first-order valence-corrected chi connectivity index (χ1v) is 11.3. The molecule has 31 heavy (non-hydrogen) atoms. The lowest BCUT2D eigenvalue weighted by Gasteiger charge is -2.20. The molecule has 0 fully saturated rings. The van der Waals surface area contributed by atoms with E-state index in [1.54, 1.807) is 29.8 Å². The second-order valence-electron chi connectivity index (χ2n) is 7.24. The lowest BCUT2D eigenvalue weighted by atomic mass is 10.2. The van der Waals surface area contributed by atoms with E-state index in [1.165, 1.54) is 18.2 Å². The highest BCUT2D eigenvalue weighted by Gasteiger charge is 2.26. The standard InChI is InChI=1S/C23H26N4O3S/c1-5-15-26(31(29,30)21-9-7-6-8-10-21)16-22(28)24-23-18(3)25-27(19(23)4)20-13-11-17(2)12-14-20/h5-14H,1,15-16H2,2-4H3,(H,24,28). The Morgan fingerprint density at radius 1 is 1.10 bits per heavy atom. The minimum Gasteiger partial charge on any atom is -0.322 e. The molecule has 8 heteroatoms. The third kappa shape index (κ3) is 4.92. The van der Waals surface area contributed by atoms with Crippen LogP contribution < -0.4 is 5.32 Å². The fourth-order valence-corrected chi connectivity index (χ4v) is 4.62. The van der Waals surface area contributed by atoms with Gasteiger partial charge in [-0.15, -0.1) is 6.58 Å². The van der Waals surface area contributed by atoms with E-state index in [2.05, 4.69) is 17.0 Å². The highest BCUT2D eigenvalue weighted by Crippen LogP contribution is 2.23. The van der Waals surface area contributed by atoms with E-state index in [1.807, 2.05) is 38.1 Å². The molecule has 0 atom stereocenters. The molecule has 1 amide bonds. The molecule has 0 aliphatic carbocycles. The molecule has 7 nitrogen and oxygen atoms in total. The minimum atomic E-state index is -3.83. The highest BCUT2D eigenvalue weighted by atomic mass is 32.2. The lowest BCUT2D eigenvalue weighted by molar-refractivity contribution is -0.116. The Morgan fingerprint density at radius 2 is 1.74 bits per heavy atom. The Balaban J connectivity index is 1.82. The van der Waals surface area contributed by atoms with Crippen molar-refractivity contribution < 1.29 is 13.2 Å². The molecular weight excluding hydrogens is 412 g/mol. The van der Waals surface area contributed by atoms with E-state index in [4.69, 9.17) is 0 Å². The van der Waals surface area contributed by atoms with Crippen molar-refractivity contribution in [3.8, 4) is 5.69 Å². The molecule has 1 heterocycles. The maximum absolute atomic E-state index is 12.9. The fraction of sp³-hybridized carbons (Fsp3) is 0.217. The Morgan fingerprint density at radius 3 is 2.35 bits per heavy atom. The molecule has 0 unspecified atom stereocenters. The molecule has 0 aliphatic rings. The van der Waals surface area contributed by atoms with E-state index in [-0.39, 0.29) is 18.0 Å². The summed E-state index contributed by atoms with van der Waals surface area (Å²) in [6, 6.07) is 15.9. The zero-order valence-corrected chi connectivity index (χ0v) is 18.7. The monoisotopic (exact) mass is 438 g/mol. The number of amides is 1. The van der Waals surface area contributed by atoms with Crippen LogP contribution in [0.25, 0.3) is 5.69 Å².